The number of benzene rings is 1. The first kappa shape index (κ1) is 20.7. The van der Waals surface area contributed by atoms with Crippen molar-refractivity contribution in [1.82, 2.24) is 10.3 Å². The van der Waals surface area contributed by atoms with Crippen LogP contribution < -0.4 is 10.1 Å². The van der Waals surface area contributed by atoms with Gasteiger partial charge in [0.2, 0.25) is 5.44 Å². The van der Waals surface area contributed by atoms with Crippen molar-refractivity contribution in [2.24, 2.45) is 5.16 Å². The van der Waals surface area contributed by atoms with Gasteiger partial charge in [-0.3, -0.25) is 9.78 Å². The molecule has 1 unspecified atom stereocenters. The number of hydrogen-bond acceptors (Lipinski definition) is 6. The van der Waals surface area contributed by atoms with Crippen LogP contribution in [0.15, 0.2) is 36.1 Å². The zero-order valence-electron chi connectivity index (χ0n) is 15.7. The first-order valence-electron chi connectivity index (χ1n) is 8.10. The van der Waals surface area contributed by atoms with Crippen LogP contribution >= 0.6 is 11.8 Å². The van der Waals surface area contributed by atoms with E-state index in [-0.39, 0.29) is 17.2 Å². The Morgan fingerprint density at radius 1 is 1.44 bits per heavy atom. The molecule has 1 aromatic carbocycles. The minimum atomic E-state index is -0.868. The van der Waals surface area contributed by atoms with Crippen molar-refractivity contribution in [3.8, 4) is 5.75 Å². The van der Waals surface area contributed by atoms with Crippen molar-refractivity contribution < 1.29 is 18.8 Å². The summed E-state index contributed by atoms with van der Waals surface area (Å²) >= 11 is 1.19. The second kappa shape index (κ2) is 8.85. The summed E-state index contributed by atoms with van der Waals surface area (Å²) < 4.78 is 20.1. The largest absolute Gasteiger partial charge is 0.470 e. The van der Waals surface area contributed by atoms with Crippen LogP contribution in [0.25, 0.3) is 17.0 Å². The number of ether oxygens (including phenoxy) is 1. The molecule has 27 heavy (non-hydrogen) atoms. The number of nitrogens with one attached hydrogen (secondary N) is 1. The highest BCUT2D eigenvalue weighted by Gasteiger charge is 2.26. The molecule has 0 aliphatic carbocycles. The number of nitrogens with zero attached hydrogens (tertiary/aromatic N) is 2. The molecular weight excluding hydrogens is 369 g/mol. The fourth-order valence-electron chi connectivity index (χ4n) is 2.30. The molecule has 0 fully saturated rings. The zero-order chi connectivity index (χ0) is 20.0. The van der Waals surface area contributed by atoms with E-state index in [0.29, 0.717) is 5.39 Å². The number of aromatic nitrogens is 1. The van der Waals surface area contributed by atoms with Gasteiger partial charge >= 0.3 is 0 Å². The molecule has 1 atom stereocenters. The predicted molar refractivity (Wildman–Crippen MR) is 107 cm³/mol. The van der Waals surface area contributed by atoms with E-state index in [9.17, 15) is 9.18 Å². The molecule has 0 saturated carbocycles. The lowest BCUT2D eigenvalue weighted by molar-refractivity contribution is -0.125. The van der Waals surface area contributed by atoms with Gasteiger partial charge in [-0.25, -0.2) is 4.39 Å². The summed E-state index contributed by atoms with van der Waals surface area (Å²) in [5.74, 6) is -0.652. The van der Waals surface area contributed by atoms with Crippen molar-refractivity contribution >= 4 is 40.9 Å². The molecule has 2 rings (SSSR count). The van der Waals surface area contributed by atoms with E-state index in [1.807, 2.05) is 0 Å². The highest BCUT2D eigenvalue weighted by Crippen LogP contribution is 2.26. The normalized spacial score (nSPS) is 12.8. The maximum atomic E-state index is 14.3. The minimum absolute atomic E-state index is 0.231. The van der Waals surface area contributed by atoms with Crippen LogP contribution in [-0.4, -0.2) is 41.4 Å². The van der Waals surface area contributed by atoms with E-state index in [4.69, 9.17) is 4.74 Å². The van der Waals surface area contributed by atoms with Gasteiger partial charge in [0.15, 0.2) is 5.82 Å². The van der Waals surface area contributed by atoms with Crippen LogP contribution in [-0.2, 0) is 9.63 Å². The first-order valence-corrected chi connectivity index (χ1v) is 9.39. The molecule has 0 bridgehead atoms. The number of rotatable bonds is 8. The number of oxime groups is 1. The van der Waals surface area contributed by atoms with Crippen molar-refractivity contribution in [3.05, 3.63) is 42.4 Å². The van der Waals surface area contributed by atoms with Crippen LogP contribution in [0, 0.1) is 5.82 Å². The van der Waals surface area contributed by atoms with E-state index in [1.165, 1.54) is 31.2 Å². The summed E-state index contributed by atoms with van der Waals surface area (Å²) in [4.78, 5) is 21.3. The van der Waals surface area contributed by atoms with Gasteiger partial charge in [-0.05, 0) is 37.8 Å². The summed E-state index contributed by atoms with van der Waals surface area (Å²) in [5, 5.41) is 7.04. The number of pyridine rings is 1. The maximum absolute atomic E-state index is 14.3. The molecular formula is C19H22FN3O3S. The number of halogens is 1. The monoisotopic (exact) mass is 391 g/mol. The Kier molecular flexibility index (Phi) is 6.79. The van der Waals surface area contributed by atoms with Crippen molar-refractivity contribution in [2.45, 2.75) is 24.8 Å². The van der Waals surface area contributed by atoms with Crippen LogP contribution in [0.4, 0.5) is 4.39 Å². The second-order valence-corrected chi connectivity index (χ2v) is 7.16. The molecule has 0 aliphatic rings. The summed E-state index contributed by atoms with van der Waals surface area (Å²) in [6, 6.07) is 4.62. The van der Waals surface area contributed by atoms with E-state index < -0.39 is 16.8 Å². The minimum Gasteiger partial charge on any atom is -0.470 e. The van der Waals surface area contributed by atoms with Crippen molar-refractivity contribution in [3.63, 3.8) is 0 Å². The Morgan fingerprint density at radius 3 is 2.81 bits per heavy atom. The lowest BCUT2D eigenvalue weighted by atomic mass is 10.1. The summed E-state index contributed by atoms with van der Waals surface area (Å²) in [5.41, 5.74) is -0.609. The molecule has 0 saturated heterocycles. The van der Waals surface area contributed by atoms with Crippen LogP contribution in [0.1, 0.15) is 19.4 Å². The molecule has 1 amide bonds. The molecule has 1 N–H and O–H groups in total. The van der Waals surface area contributed by atoms with Gasteiger partial charge in [-0.1, -0.05) is 17.8 Å². The third kappa shape index (κ3) is 5.43. The molecule has 0 spiro atoms. The molecule has 1 heterocycles. The first-order chi connectivity index (χ1) is 12.8. The van der Waals surface area contributed by atoms with E-state index in [1.54, 1.807) is 44.5 Å². The second-order valence-electron chi connectivity index (χ2n) is 6.26. The Hall–Kier alpha value is -2.61. The number of hydrogen-bond donors (Lipinski definition) is 1. The van der Waals surface area contributed by atoms with Gasteiger partial charge in [-0.15, -0.1) is 11.8 Å². The van der Waals surface area contributed by atoms with Crippen LogP contribution in [0.5, 0.6) is 5.75 Å². The maximum Gasteiger partial charge on any atom is 0.272 e. The van der Waals surface area contributed by atoms with Gasteiger partial charge in [-0.2, -0.15) is 0 Å². The highest BCUT2D eigenvalue weighted by molar-refractivity contribution is 7.99. The van der Waals surface area contributed by atoms with Gasteiger partial charge in [0, 0.05) is 17.6 Å². The predicted octanol–water partition coefficient (Wildman–Crippen LogP) is 3.61. The lowest BCUT2D eigenvalue weighted by Gasteiger charge is -2.24. The fourth-order valence-corrected chi connectivity index (χ4v) is 2.78. The third-order valence-corrected chi connectivity index (χ3v) is 4.30. The van der Waals surface area contributed by atoms with Gasteiger partial charge in [0.25, 0.3) is 5.91 Å². The molecule has 8 heteroatoms. The fraction of sp³-hybridized carbons (Fsp3) is 0.316. The summed E-state index contributed by atoms with van der Waals surface area (Å²) in [7, 11) is 1.42. The lowest BCUT2D eigenvalue weighted by Crippen LogP contribution is -2.49. The van der Waals surface area contributed by atoms with E-state index in [2.05, 4.69) is 26.9 Å². The topological polar surface area (TPSA) is 72.8 Å². The molecule has 6 nitrogen and oxygen atoms in total. The number of carbonyl (C=O) groups excluding carboxylic acids is 1. The zero-order valence-corrected chi connectivity index (χ0v) is 16.5. The van der Waals surface area contributed by atoms with E-state index in [0.717, 1.165) is 5.56 Å². The summed E-state index contributed by atoms with van der Waals surface area (Å²) in [6.07, 6.45) is 6.37. The SMILES string of the molecule is C=Cc1cnc2c(F)cc(OC(SC)C(=O)NC(C)(C)/C=N/OC)cc2c1. The van der Waals surface area contributed by atoms with E-state index >= 15 is 0 Å². The quantitative estimate of drug-likeness (QED) is 0.423. The third-order valence-electron chi connectivity index (χ3n) is 3.56. The van der Waals surface area contributed by atoms with Crippen LogP contribution in [0.3, 0.4) is 0 Å². The summed E-state index contributed by atoms with van der Waals surface area (Å²) in [6.45, 7) is 7.22. The Balaban J connectivity index is 2.23. The van der Waals surface area contributed by atoms with Gasteiger partial charge in [0.1, 0.15) is 18.4 Å². The number of carbonyl (C=O) groups is 1. The highest BCUT2D eigenvalue weighted by atomic mass is 32.2. The molecule has 144 valence electrons. The molecule has 0 aliphatic heterocycles. The average Bonchev–Trinajstić information content (AvgIpc) is 2.63. The number of thioether (sulfide) groups is 1. The van der Waals surface area contributed by atoms with Gasteiger partial charge < -0.3 is 14.9 Å². The molecule has 1 aromatic heterocycles. The van der Waals surface area contributed by atoms with Crippen molar-refractivity contribution in [1.29, 1.82) is 0 Å². The Morgan fingerprint density at radius 2 is 2.19 bits per heavy atom. The molecule has 2 aromatic rings. The smallest absolute Gasteiger partial charge is 0.272 e. The Labute approximate surface area is 161 Å². The van der Waals surface area contributed by atoms with Crippen molar-refractivity contribution in [2.75, 3.05) is 13.4 Å². The molecule has 0 radical (unpaired) electrons. The van der Waals surface area contributed by atoms with Gasteiger partial charge in [0.05, 0.1) is 11.8 Å². The van der Waals surface area contributed by atoms with Crippen LogP contribution in [0.2, 0.25) is 0 Å². The number of fused-ring (bicyclic) bond motifs is 1. The standard InChI is InChI=1S/C19H22FN3O3S/c1-6-12-7-13-8-14(9-15(20)16(13)21-10-12)26-18(27-5)17(24)23-19(2,3)11-22-25-4/h6-11,18H,1H2,2-5H3,(H,23,24)/b22-11+. The number of amides is 1. The average molecular weight is 391 g/mol. The Bertz CT molecular complexity index is 871.